The summed E-state index contributed by atoms with van der Waals surface area (Å²) in [6.45, 7) is 7.44. The molecule has 3 amide bonds. The number of hydrogen-bond acceptors (Lipinski definition) is 7. The average Bonchev–Trinajstić information content (AvgIpc) is 4.00. The van der Waals surface area contributed by atoms with E-state index in [0.717, 1.165) is 37.7 Å². The number of hydrogen-bond donors (Lipinski definition) is 2. The van der Waals surface area contributed by atoms with Gasteiger partial charge in [-0.15, -0.1) is 0 Å². The van der Waals surface area contributed by atoms with Gasteiger partial charge in [-0.1, -0.05) is 102 Å². The van der Waals surface area contributed by atoms with Gasteiger partial charge in [-0.05, 0) is 48.1 Å². The molecule has 0 radical (unpaired) electrons. The molecule has 11 heteroatoms. The number of benzene rings is 1. The Morgan fingerprint density at radius 3 is 2.43 bits per heavy atom. The molecule has 3 saturated carbocycles. The maximum absolute atomic E-state index is 14.7. The number of nitrogens with one attached hydrogen (secondary N) is 2. The molecule has 6 rings (SSSR count). The molecule has 0 bridgehead atoms. The second kappa shape index (κ2) is 14.2. The monoisotopic (exact) mass is 694 g/mol. The number of carbonyl (C=O) groups is 5. The third-order valence-corrected chi connectivity index (χ3v) is 11.5. The number of amides is 3. The molecule has 266 valence electrons. The van der Waals surface area contributed by atoms with E-state index in [0.29, 0.717) is 35.4 Å². The SMILES string of the molecule is CCC(=O)C(=O)[C@H](CC1CC1)NC(=O)[C@@H]1C[C@]2(CC(c3cccc(Cl)c3)=NO2)CN1C(=O)[C@@H](NC(=O)C1C[C@@H]1C1CCCCC1)C(C)(C)C. The van der Waals surface area contributed by atoms with E-state index in [1.54, 1.807) is 19.1 Å². The molecule has 2 heterocycles. The van der Waals surface area contributed by atoms with Crippen LogP contribution in [0.5, 0.6) is 0 Å². The summed E-state index contributed by atoms with van der Waals surface area (Å²) in [4.78, 5) is 75.7. The number of likely N-dealkylation sites (tertiary alicyclic amines) is 1. The van der Waals surface area contributed by atoms with Gasteiger partial charge in [-0.3, -0.25) is 24.0 Å². The van der Waals surface area contributed by atoms with Crippen LogP contribution in [0, 0.1) is 29.1 Å². The van der Waals surface area contributed by atoms with E-state index < -0.39 is 46.6 Å². The summed E-state index contributed by atoms with van der Waals surface area (Å²) in [5.74, 6) is -0.995. The molecule has 1 spiro atoms. The van der Waals surface area contributed by atoms with Crippen LogP contribution < -0.4 is 10.6 Å². The van der Waals surface area contributed by atoms with Gasteiger partial charge in [0.05, 0.1) is 18.3 Å². The van der Waals surface area contributed by atoms with Crippen LogP contribution in [0.15, 0.2) is 29.4 Å². The number of ketones is 2. The number of nitrogens with zero attached hydrogens (tertiary/aromatic N) is 2. The molecule has 49 heavy (non-hydrogen) atoms. The Morgan fingerprint density at radius 1 is 1.04 bits per heavy atom. The number of halogens is 1. The van der Waals surface area contributed by atoms with Crippen molar-refractivity contribution in [3.63, 3.8) is 0 Å². The van der Waals surface area contributed by atoms with Crippen LogP contribution in [0.1, 0.15) is 110 Å². The summed E-state index contributed by atoms with van der Waals surface area (Å²) >= 11 is 6.26. The fourth-order valence-corrected chi connectivity index (χ4v) is 8.36. The molecule has 1 aromatic rings. The zero-order chi connectivity index (χ0) is 35.1. The van der Waals surface area contributed by atoms with Crippen molar-refractivity contribution >= 4 is 46.6 Å². The second-order valence-electron chi connectivity index (χ2n) is 16.3. The van der Waals surface area contributed by atoms with E-state index in [4.69, 9.17) is 16.4 Å². The minimum absolute atomic E-state index is 0.0556. The third-order valence-electron chi connectivity index (χ3n) is 11.3. The van der Waals surface area contributed by atoms with Crippen molar-refractivity contribution in [1.29, 1.82) is 0 Å². The van der Waals surface area contributed by atoms with Gasteiger partial charge in [-0.25, -0.2) is 0 Å². The summed E-state index contributed by atoms with van der Waals surface area (Å²) in [6.07, 6.45) is 9.69. The van der Waals surface area contributed by atoms with Crippen LogP contribution in [0.4, 0.5) is 0 Å². The number of Topliss-reactive ketones (excluding diaryl/α,β-unsaturated/α-hetero) is 2. The fourth-order valence-electron chi connectivity index (χ4n) is 8.17. The van der Waals surface area contributed by atoms with Crippen LogP contribution >= 0.6 is 11.6 Å². The lowest BCUT2D eigenvalue weighted by Gasteiger charge is -2.36. The van der Waals surface area contributed by atoms with E-state index in [1.165, 1.54) is 24.2 Å². The molecule has 4 fully saturated rings. The second-order valence-corrected chi connectivity index (χ2v) is 16.7. The van der Waals surface area contributed by atoms with Crippen LogP contribution in [-0.4, -0.2) is 70.2 Å². The summed E-state index contributed by atoms with van der Waals surface area (Å²) in [5, 5.41) is 10.9. The molecule has 3 aliphatic carbocycles. The number of rotatable bonds is 12. The lowest BCUT2D eigenvalue weighted by atomic mass is 9.84. The molecule has 5 aliphatic rings. The summed E-state index contributed by atoms with van der Waals surface area (Å²) in [7, 11) is 0. The van der Waals surface area contributed by atoms with Gasteiger partial charge in [0.25, 0.3) is 0 Å². The van der Waals surface area contributed by atoms with Crippen LogP contribution in [0.2, 0.25) is 5.02 Å². The summed E-state index contributed by atoms with van der Waals surface area (Å²) in [5.41, 5.74) is -0.190. The first-order valence-electron chi connectivity index (χ1n) is 18.3. The van der Waals surface area contributed by atoms with Crippen LogP contribution in [-0.2, 0) is 28.8 Å². The predicted molar refractivity (Wildman–Crippen MR) is 186 cm³/mol. The van der Waals surface area contributed by atoms with Gasteiger partial charge in [0.15, 0.2) is 11.4 Å². The Bertz CT molecular complexity index is 1510. The van der Waals surface area contributed by atoms with Crippen molar-refractivity contribution in [3.05, 3.63) is 34.9 Å². The maximum atomic E-state index is 14.7. The first-order chi connectivity index (χ1) is 23.3. The smallest absolute Gasteiger partial charge is 0.246 e. The molecular weight excluding hydrogens is 644 g/mol. The third kappa shape index (κ3) is 8.05. The van der Waals surface area contributed by atoms with Gasteiger partial charge in [0, 0.05) is 35.8 Å². The standard InChI is InChI=1S/C38H51ClN4O6/c1-5-31(44)32(45)28(16-22-14-15-22)40-35(47)30-20-38(19-29(42-49-38)24-12-9-13-25(39)17-24)21-43(30)36(48)33(37(2,3)4)41-34(46)27-18-26(27)23-10-7-6-8-11-23/h9,12-13,17,22-23,26-28,30,33H,5-8,10-11,14-16,18-21H2,1-4H3,(H,40,47)(H,41,46)/t26-,27?,28+,30+,33-,38-/m1/s1. The van der Waals surface area contributed by atoms with Crippen LogP contribution in [0.25, 0.3) is 0 Å². The zero-order valence-electron chi connectivity index (χ0n) is 29.3. The van der Waals surface area contributed by atoms with Gasteiger partial charge >= 0.3 is 0 Å². The Labute approximate surface area is 294 Å². The van der Waals surface area contributed by atoms with Crippen molar-refractivity contribution < 1.29 is 28.8 Å². The summed E-state index contributed by atoms with van der Waals surface area (Å²) < 4.78 is 0. The minimum Gasteiger partial charge on any atom is -0.387 e. The van der Waals surface area contributed by atoms with E-state index in [2.05, 4.69) is 15.8 Å². The van der Waals surface area contributed by atoms with Crippen LogP contribution in [0.3, 0.4) is 0 Å². The first-order valence-corrected chi connectivity index (χ1v) is 18.7. The molecule has 1 aromatic carbocycles. The lowest BCUT2D eigenvalue weighted by Crippen LogP contribution is -2.59. The molecule has 1 unspecified atom stereocenters. The van der Waals surface area contributed by atoms with Gasteiger partial charge in [0.2, 0.25) is 23.5 Å². The maximum Gasteiger partial charge on any atom is 0.246 e. The Morgan fingerprint density at radius 2 is 1.78 bits per heavy atom. The average molecular weight is 695 g/mol. The molecular formula is C38H51ClN4O6. The van der Waals surface area contributed by atoms with E-state index in [1.807, 2.05) is 32.9 Å². The number of carbonyl (C=O) groups excluding carboxylic acids is 5. The highest BCUT2D eigenvalue weighted by atomic mass is 35.5. The molecule has 2 N–H and O–H groups in total. The fraction of sp³-hybridized carbons (Fsp3) is 0.684. The molecule has 6 atom stereocenters. The Hall–Kier alpha value is -3.27. The normalized spacial score (nSPS) is 28.0. The van der Waals surface area contributed by atoms with Crippen molar-refractivity contribution in [2.45, 2.75) is 128 Å². The predicted octanol–water partition coefficient (Wildman–Crippen LogP) is 5.38. The quantitative estimate of drug-likeness (QED) is 0.282. The van der Waals surface area contributed by atoms with Gasteiger partial charge in [0.1, 0.15) is 12.1 Å². The van der Waals surface area contributed by atoms with Crippen molar-refractivity contribution in [2.75, 3.05) is 6.54 Å². The highest BCUT2D eigenvalue weighted by molar-refractivity contribution is 6.39. The largest absolute Gasteiger partial charge is 0.387 e. The van der Waals surface area contributed by atoms with E-state index in [-0.39, 0.29) is 43.0 Å². The highest BCUT2D eigenvalue weighted by Crippen LogP contribution is 2.50. The number of oxime groups is 1. The minimum atomic E-state index is -0.995. The van der Waals surface area contributed by atoms with Gasteiger partial charge < -0.3 is 20.4 Å². The van der Waals surface area contributed by atoms with Crippen molar-refractivity contribution in [2.24, 2.45) is 34.2 Å². The first kappa shape index (κ1) is 35.6. The summed E-state index contributed by atoms with van der Waals surface area (Å²) in [6, 6.07) is 4.45. The molecule has 0 aromatic heterocycles. The zero-order valence-corrected chi connectivity index (χ0v) is 30.0. The highest BCUT2D eigenvalue weighted by Gasteiger charge is 2.56. The van der Waals surface area contributed by atoms with Crippen molar-refractivity contribution in [3.8, 4) is 0 Å². The lowest BCUT2D eigenvalue weighted by molar-refractivity contribution is -0.145. The molecule has 2 aliphatic heterocycles. The van der Waals surface area contributed by atoms with E-state index >= 15 is 0 Å². The molecule has 10 nitrogen and oxygen atoms in total. The van der Waals surface area contributed by atoms with Gasteiger partial charge in [-0.2, -0.15) is 0 Å². The topological polar surface area (TPSA) is 134 Å². The Kier molecular flexibility index (Phi) is 10.3. The Balaban J connectivity index is 1.23. The van der Waals surface area contributed by atoms with Crippen molar-refractivity contribution in [1.82, 2.24) is 15.5 Å². The van der Waals surface area contributed by atoms with E-state index in [9.17, 15) is 24.0 Å². The molecule has 1 saturated heterocycles.